The van der Waals surface area contributed by atoms with Gasteiger partial charge in [-0.3, -0.25) is 9.59 Å². The molecule has 2 aromatic carbocycles. The summed E-state index contributed by atoms with van der Waals surface area (Å²) in [4.78, 5) is 34.6. The van der Waals surface area contributed by atoms with Crippen LogP contribution in [0.4, 0.5) is 0 Å². The number of hydrogen-bond donors (Lipinski definition) is 0. The largest absolute Gasteiger partial charge is 0.368 e. The van der Waals surface area contributed by atoms with E-state index in [4.69, 9.17) is 9.72 Å². The third-order valence-corrected chi connectivity index (χ3v) is 6.70. The lowest BCUT2D eigenvalue weighted by Gasteiger charge is -2.36. The van der Waals surface area contributed by atoms with E-state index in [1.54, 1.807) is 0 Å². The molecule has 2 aliphatic rings. The first-order chi connectivity index (χ1) is 15.6. The molecule has 7 heteroatoms. The predicted octanol–water partition coefficient (Wildman–Crippen LogP) is 4.13. The molecule has 2 aliphatic heterocycles. The lowest BCUT2D eigenvalue weighted by Crippen LogP contribution is -2.52. The van der Waals surface area contributed by atoms with Crippen LogP contribution in [0.2, 0.25) is 0 Å². The maximum Gasteiger partial charge on any atom is 0.254 e. The van der Waals surface area contributed by atoms with Crippen molar-refractivity contribution in [1.29, 1.82) is 0 Å². The van der Waals surface area contributed by atoms with Crippen molar-refractivity contribution in [3.8, 4) is 11.3 Å². The molecule has 0 N–H and O–H groups in total. The number of amides is 2. The number of aromatic nitrogens is 1. The summed E-state index contributed by atoms with van der Waals surface area (Å²) < 4.78 is 6.53. The van der Waals surface area contributed by atoms with Crippen molar-refractivity contribution >= 4 is 38.6 Å². The number of rotatable bonds is 3. The summed E-state index contributed by atoms with van der Waals surface area (Å²) in [5, 5.41) is 0.844. The predicted molar refractivity (Wildman–Crippen MR) is 126 cm³/mol. The second kappa shape index (κ2) is 9.00. The monoisotopic (exact) mass is 493 g/mol. The average Bonchev–Trinajstić information content (AvgIpc) is 3.38. The van der Waals surface area contributed by atoms with Gasteiger partial charge in [-0.15, -0.1) is 0 Å². The summed E-state index contributed by atoms with van der Waals surface area (Å²) in [5.74, 6) is 0.0349. The molecule has 1 atom stereocenters. The second-order valence-electron chi connectivity index (χ2n) is 8.20. The zero-order chi connectivity index (χ0) is 22.1. The number of carbonyl (C=O) groups excluding carboxylic acids is 2. The van der Waals surface area contributed by atoms with Crippen molar-refractivity contribution in [2.24, 2.45) is 0 Å². The number of fused-ring (bicyclic) bond motifs is 1. The summed E-state index contributed by atoms with van der Waals surface area (Å²) in [7, 11) is 0. The molecule has 2 fully saturated rings. The van der Waals surface area contributed by atoms with E-state index in [1.165, 1.54) is 0 Å². The number of piperazine rings is 1. The van der Waals surface area contributed by atoms with Gasteiger partial charge < -0.3 is 14.5 Å². The maximum atomic E-state index is 13.5. The number of halogens is 1. The van der Waals surface area contributed by atoms with Crippen LogP contribution in [-0.4, -0.2) is 65.5 Å². The van der Waals surface area contributed by atoms with E-state index in [2.05, 4.69) is 15.9 Å². The van der Waals surface area contributed by atoms with Crippen LogP contribution in [0.25, 0.3) is 22.2 Å². The lowest BCUT2D eigenvalue weighted by atomic mass is 10.0. The fourth-order valence-electron chi connectivity index (χ4n) is 4.40. The molecule has 1 unspecified atom stereocenters. The van der Waals surface area contributed by atoms with E-state index in [0.717, 1.165) is 39.5 Å². The molecule has 0 bridgehead atoms. The zero-order valence-corrected chi connectivity index (χ0v) is 19.3. The first-order valence-corrected chi connectivity index (χ1v) is 11.7. The highest BCUT2D eigenvalue weighted by Gasteiger charge is 2.32. The van der Waals surface area contributed by atoms with E-state index in [0.29, 0.717) is 38.3 Å². The minimum absolute atomic E-state index is 0.0221. The van der Waals surface area contributed by atoms with Crippen LogP contribution >= 0.6 is 15.9 Å². The van der Waals surface area contributed by atoms with Crippen LogP contribution in [0.5, 0.6) is 0 Å². The van der Waals surface area contributed by atoms with Crippen molar-refractivity contribution in [2.75, 3.05) is 32.8 Å². The van der Waals surface area contributed by atoms with E-state index in [9.17, 15) is 9.59 Å². The van der Waals surface area contributed by atoms with Crippen LogP contribution in [-0.2, 0) is 9.53 Å². The molecule has 3 heterocycles. The molecule has 0 saturated carbocycles. The molecule has 2 amide bonds. The van der Waals surface area contributed by atoms with Gasteiger partial charge in [-0.25, -0.2) is 4.98 Å². The van der Waals surface area contributed by atoms with Gasteiger partial charge in [0.05, 0.1) is 16.8 Å². The lowest BCUT2D eigenvalue weighted by molar-refractivity contribution is -0.142. The van der Waals surface area contributed by atoms with Crippen LogP contribution in [0.15, 0.2) is 59.1 Å². The summed E-state index contributed by atoms with van der Waals surface area (Å²) >= 11 is 3.47. The number of hydrogen-bond acceptors (Lipinski definition) is 4. The van der Waals surface area contributed by atoms with Crippen molar-refractivity contribution in [2.45, 2.75) is 18.9 Å². The summed E-state index contributed by atoms with van der Waals surface area (Å²) in [5.41, 5.74) is 3.17. The van der Waals surface area contributed by atoms with Crippen LogP contribution in [0, 0.1) is 0 Å². The highest BCUT2D eigenvalue weighted by atomic mass is 79.9. The zero-order valence-electron chi connectivity index (χ0n) is 17.7. The van der Waals surface area contributed by atoms with Gasteiger partial charge in [0, 0.05) is 48.2 Å². The SMILES string of the molecule is O=C(c1cc(-c2ccc(Br)cc2)nc2ccccc12)N1CCN(C(=O)C2CCCO2)CC1. The maximum absolute atomic E-state index is 13.5. The Labute approximate surface area is 195 Å². The molecule has 5 rings (SSSR count). The number of pyridine rings is 1. The Morgan fingerprint density at radius 3 is 2.41 bits per heavy atom. The van der Waals surface area contributed by atoms with Gasteiger partial charge in [0.25, 0.3) is 11.8 Å². The normalized spacial score (nSPS) is 18.8. The van der Waals surface area contributed by atoms with Crippen molar-refractivity contribution < 1.29 is 14.3 Å². The molecule has 0 spiro atoms. The van der Waals surface area contributed by atoms with Gasteiger partial charge in [0.15, 0.2) is 0 Å². The number of ether oxygens (including phenoxy) is 1. The minimum atomic E-state index is -0.310. The standard InChI is InChI=1S/C25H24BrN3O3/c26-18-9-7-17(8-10-18)22-16-20(19-4-1-2-5-21(19)27-22)24(30)28-11-13-29(14-12-28)25(31)23-6-3-15-32-23/h1-2,4-5,7-10,16,23H,3,6,11-15H2. The molecule has 164 valence electrons. The molecule has 6 nitrogen and oxygen atoms in total. The molecular formula is C25H24BrN3O3. The van der Waals surface area contributed by atoms with E-state index >= 15 is 0 Å². The molecule has 0 aliphatic carbocycles. The molecule has 0 radical (unpaired) electrons. The Kier molecular flexibility index (Phi) is 5.93. The fraction of sp³-hybridized carbons (Fsp3) is 0.320. The van der Waals surface area contributed by atoms with Crippen molar-refractivity contribution in [1.82, 2.24) is 14.8 Å². The highest BCUT2D eigenvalue weighted by molar-refractivity contribution is 9.10. The van der Waals surface area contributed by atoms with Gasteiger partial charge >= 0.3 is 0 Å². The van der Waals surface area contributed by atoms with Crippen molar-refractivity contribution in [3.05, 3.63) is 64.6 Å². The van der Waals surface area contributed by atoms with Gasteiger partial charge in [0.2, 0.25) is 0 Å². The van der Waals surface area contributed by atoms with Gasteiger partial charge in [0.1, 0.15) is 6.10 Å². The fourth-order valence-corrected chi connectivity index (χ4v) is 4.66. The Balaban J connectivity index is 1.39. The third-order valence-electron chi connectivity index (χ3n) is 6.17. The van der Waals surface area contributed by atoms with Crippen LogP contribution in [0.3, 0.4) is 0 Å². The summed E-state index contributed by atoms with van der Waals surface area (Å²) in [6, 6.07) is 17.6. The van der Waals surface area contributed by atoms with Gasteiger partial charge in [-0.05, 0) is 37.1 Å². The Morgan fingerprint density at radius 1 is 0.969 bits per heavy atom. The van der Waals surface area contributed by atoms with E-state index in [1.807, 2.05) is 64.4 Å². The molecule has 2 saturated heterocycles. The quantitative estimate of drug-likeness (QED) is 0.550. The Bertz CT molecular complexity index is 1150. The molecule has 1 aromatic heterocycles. The third kappa shape index (κ3) is 4.14. The highest BCUT2D eigenvalue weighted by Crippen LogP contribution is 2.27. The van der Waals surface area contributed by atoms with E-state index < -0.39 is 0 Å². The van der Waals surface area contributed by atoms with Crippen molar-refractivity contribution in [3.63, 3.8) is 0 Å². The Hall–Kier alpha value is -2.77. The van der Waals surface area contributed by atoms with Crippen LogP contribution in [0.1, 0.15) is 23.2 Å². The van der Waals surface area contributed by atoms with Gasteiger partial charge in [-0.1, -0.05) is 46.3 Å². The van der Waals surface area contributed by atoms with E-state index in [-0.39, 0.29) is 17.9 Å². The summed E-state index contributed by atoms with van der Waals surface area (Å²) in [6.45, 7) is 2.76. The van der Waals surface area contributed by atoms with Crippen LogP contribution < -0.4 is 0 Å². The minimum Gasteiger partial charge on any atom is -0.368 e. The Morgan fingerprint density at radius 2 is 1.69 bits per heavy atom. The number of nitrogens with zero attached hydrogens (tertiary/aromatic N) is 3. The number of carbonyl (C=O) groups is 2. The smallest absolute Gasteiger partial charge is 0.254 e. The first-order valence-electron chi connectivity index (χ1n) is 11.0. The average molecular weight is 494 g/mol. The first kappa shape index (κ1) is 21.1. The second-order valence-corrected chi connectivity index (χ2v) is 9.11. The number of benzene rings is 2. The topological polar surface area (TPSA) is 62.7 Å². The van der Waals surface area contributed by atoms with Gasteiger partial charge in [-0.2, -0.15) is 0 Å². The molecule has 3 aromatic rings. The summed E-state index contributed by atoms with van der Waals surface area (Å²) in [6.07, 6.45) is 1.42. The molecular weight excluding hydrogens is 470 g/mol. The molecule has 32 heavy (non-hydrogen) atoms. The number of para-hydroxylation sites is 1.